The zero-order valence-corrected chi connectivity index (χ0v) is 16.2. The number of amides is 2. The van der Waals surface area contributed by atoms with Gasteiger partial charge in [0.2, 0.25) is 0 Å². The highest BCUT2D eigenvalue weighted by atomic mass is 16.6. The summed E-state index contributed by atoms with van der Waals surface area (Å²) >= 11 is 0. The molecule has 3 rings (SSSR count). The van der Waals surface area contributed by atoms with E-state index in [1.165, 1.54) is 19.3 Å². The standard InChI is InChI=1S/C18H18N6O6/c1-7-10(22-17(26)14-9(3)12(6-21-14)24(29)30)4-19-13(7)16(25)23-11-5-20-15(8(11)2)18(27)28/h4-6,19-21H,1-3H3,(H,22,26)(H,23,25)(H,27,28). The van der Waals surface area contributed by atoms with Gasteiger partial charge < -0.3 is 30.7 Å². The van der Waals surface area contributed by atoms with Gasteiger partial charge >= 0.3 is 5.97 Å². The molecule has 0 saturated carbocycles. The van der Waals surface area contributed by atoms with Crippen LogP contribution in [0.5, 0.6) is 0 Å². The minimum atomic E-state index is -1.14. The molecule has 12 nitrogen and oxygen atoms in total. The monoisotopic (exact) mass is 414 g/mol. The highest BCUT2D eigenvalue weighted by molar-refractivity contribution is 6.09. The summed E-state index contributed by atoms with van der Waals surface area (Å²) in [4.78, 5) is 54.4. The van der Waals surface area contributed by atoms with Gasteiger partial charge in [-0.2, -0.15) is 0 Å². The maximum Gasteiger partial charge on any atom is 0.352 e. The fourth-order valence-electron chi connectivity index (χ4n) is 2.99. The van der Waals surface area contributed by atoms with E-state index in [-0.39, 0.29) is 28.3 Å². The van der Waals surface area contributed by atoms with Crippen molar-refractivity contribution in [2.45, 2.75) is 20.8 Å². The molecule has 12 heteroatoms. The number of nitrogens with zero attached hydrogens (tertiary/aromatic N) is 1. The number of aromatic carboxylic acids is 1. The van der Waals surface area contributed by atoms with Gasteiger partial charge in [-0.3, -0.25) is 19.7 Å². The van der Waals surface area contributed by atoms with Crippen LogP contribution in [0.1, 0.15) is 48.2 Å². The summed E-state index contributed by atoms with van der Waals surface area (Å²) in [5.41, 5.74) is 1.61. The number of carboxylic acid groups (broad SMARTS) is 1. The molecule has 0 radical (unpaired) electrons. The largest absolute Gasteiger partial charge is 0.477 e. The van der Waals surface area contributed by atoms with Gasteiger partial charge in [-0.05, 0) is 20.8 Å². The van der Waals surface area contributed by atoms with Crippen molar-refractivity contribution in [2.24, 2.45) is 0 Å². The van der Waals surface area contributed by atoms with Crippen LogP contribution in [0.15, 0.2) is 18.6 Å². The lowest BCUT2D eigenvalue weighted by Crippen LogP contribution is -2.16. The van der Waals surface area contributed by atoms with Crippen LogP contribution in [0, 0.1) is 30.9 Å². The average molecular weight is 414 g/mol. The Labute approximate surface area is 168 Å². The molecule has 3 aromatic rings. The Balaban J connectivity index is 1.77. The van der Waals surface area contributed by atoms with Crippen LogP contribution in [-0.4, -0.2) is 42.8 Å². The van der Waals surface area contributed by atoms with E-state index in [9.17, 15) is 24.5 Å². The molecule has 0 bridgehead atoms. The summed E-state index contributed by atoms with van der Waals surface area (Å²) in [7, 11) is 0. The molecule has 0 aliphatic heterocycles. The van der Waals surface area contributed by atoms with Crippen molar-refractivity contribution in [3.05, 3.63) is 62.5 Å². The van der Waals surface area contributed by atoms with E-state index in [1.54, 1.807) is 13.8 Å². The summed E-state index contributed by atoms with van der Waals surface area (Å²) in [6.07, 6.45) is 3.93. The lowest BCUT2D eigenvalue weighted by atomic mass is 10.2. The normalized spacial score (nSPS) is 10.6. The van der Waals surface area contributed by atoms with Crippen LogP contribution < -0.4 is 10.6 Å². The highest BCUT2D eigenvalue weighted by Gasteiger charge is 2.23. The third kappa shape index (κ3) is 3.53. The molecule has 0 fully saturated rings. The number of nitro groups is 1. The van der Waals surface area contributed by atoms with E-state index >= 15 is 0 Å². The molecule has 0 spiro atoms. The first-order valence-electron chi connectivity index (χ1n) is 8.66. The lowest BCUT2D eigenvalue weighted by molar-refractivity contribution is -0.385. The van der Waals surface area contributed by atoms with E-state index in [0.29, 0.717) is 22.5 Å². The van der Waals surface area contributed by atoms with Gasteiger partial charge in [0.1, 0.15) is 17.1 Å². The molecule has 156 valence electrons. The van der Waals surface area contributed by atoms with Crippen molar-refractivity contribution in [3.63, 3.8) is 0 Å². The number of aromatic amines is 3. The lowest BCUT2D eigenvalue weighted by Gasteiger charge is -2.06. The van der Waals surface area contributed by atoms with Gasteiger partial charge in [0, 0.05) is 23.5 Å². The van der Waals surface area contributed by atoms with Crippen molar-refractivity contribution in [2.75, 3.05) is 10.6 Å². The Hall–Kier alpha value is -4.35. The molecular weight excluding hydrogens is 396 g/mol. The average Bonchev–Trinajstić information content (AvgIpc) is 3.33. The van der Waals surface area contributed by atoms with Crippen molar-refractivity contribution in [3.8, 4) is 0 Å². The Morgan fingerprint density at radius 1 is 0.833 bits per heavy atom. The minimum Gasteiger partial charge on any atom is -0.477 e. The van der Waals surface area contributed by atoms with E-state index in [0.717, 1.165) is 6.20 Å². The number of aromatic nitrogens is 3. The maximum absolute atomic E-state index is 12.6. The molecule has 0 aromatic carbocycles. The van der Waals surface area contributed by atoms with Crippen molar-refractivity contribution in [1.82, 2.24) is 15.0 Å². The molecule has 2 amide bonds. The SMILES string of the molecule is Cc1c(NC(=O)c2[nH]cc(NC(=O)c3[nH]cc([N+](=O)[O-])c3C)c2C)c[nH]c1C(=O)O. The van der Waals surface area contributed by atoms with Gasteiger partial charge in [-0.25, -0.2) is 4.79 Å². The predicted molar refractivity (Wildman–Crippen MR) is 106 cm³/mol. The van der Waals surface area contributed by atoms with Crippen molar-refractivity contribution in [1.29, 1.82) is 0 Å². The highest BCUT2D eigenvalue weighted by Crippen LogP contribution is 2.25. The number of hydrogen-bond acceptors (Lipinski definition) is 5. The third-order valence-corrected chi connectivity index (χ3v) is 4.75. The zero-order chi connectivity index (χ0) is 22.2. The first-order valence-corrected chi connectivity index (χ1v) is 8.66. The molecule has 30 heavy (non-hydrogen) atoms. The fourth-order valence-corrected chi connectivity index (χ4v) is 2.99. The van der Waals surface area contributed by atoms with Gasteiger partial charge in [0.15, 0.2) is 0 Å². The number of carboxylic acids is 1. The summed E-state index contributed by atoms with van der Waals surface area (Å²) in [5, 5.41) is 25.2. The number of H-pyrrole nitrogens is 3. The second-order valence-electron chi connectivity index (χ2n) is 6.55. The van der Waals surface area contributed by atoms with E-state index in [4.69, 9.17) is 5.11 Å². The molecule has 6 N–H and O–H groups in total. The van der Waals surface area contributed by atoms with Gasteiger partial charge in [-0.15, -0.1) is 0 Å². The first-order chi connectivity index (χ1) is 14.1. The second kappa shape index (κ2) is 7.58. The molecule has 3 aromatic heterocycles. The van der Waals surface area contributed by atoms with Crippen LogP contribution in [-0.2, 0) is 0 Å². The maximum atomic E-state index is 12.6. The number of nitrogens with one attached hydrogen (secondary N) is 5. The van der Waals surface area contributed by atoms with Gasteiger partial charge in [0.05, 0.1) is 28.1 Å². The zero-order valence-electron chi connectivity index (χ0n) is 16.2. The smallest absolute Gasteiger partial charge is 0.352 e. The molecule has 0 atom stereocenters. The number of carbonyl (C=O) groups is 3. The number of rotatable bonds is 6. The predicted octanol–water partition coefficient (Wildman–Crippen LogP) is 2.71. The molecule has 0 saturated heterocycles. The summed E-state index contributed by atoms with van der Waals surface area (Å²) in [6.45, 7) is 4.62. The second-order valence-corrected chi connectivity index (χ2v) is 6.55. The fraction of sp³-hybridized carbons (Fsp3) is 0.167. The first kappa shape index (κ1) is 20.4. The molecule has 3 heterocycles. The van der Waals surface area contributed by atoms with E-state index < -0.39 is 22.7 Å². The number of hydrogen-bond donors (Lipinski definition) is 6. The van der Waals surface area contributed by atoms with Crippen LogP contribution in [0.25, 0.3) is 0 Å². The summed E-state index contributed by atoms with van der Waals surface area (Å²) < 4.78 is 0. The third-order valence-electron chi connectivity index (χ3n) is 4.75. The van der Waals surface area contributed by atoms with Crippen molar-refractivity contribution < 1.29 is 24.4 Å². The summed E-state index contributed by atoms with van der Waals surface area (Å²) in [5.74, 6) is -2.27. The number of carbonyl (C=O) groups excluding carboxylic acids is 2. The Morgan fingerprint density at radius 2 is 1.27 bits per heavy atom. The Morgan fingerprint density at radius 3 is 1.70 bits per heavy atom. The Bertz CT molecular complexity index is 1180. The molecular formula is C18H18N6O6. The molecule has 0 unspecified atom stereocenters. The van der Waals surface area contributed by atoms with E-state index in [2.05, 4.69) is 25.6 Å². The quantitative estimate of drug-likeness (QED) is 0.266. The van der Waals surface area contributed by atoms with Crippen LogP contribution in [0.4, 0.5) is 17.1 Å². The van der Waals surface area contributed by atoms with Gasteiger partial charge in [0.25, 0.3) is 17.5 Å². The minimum absolute atomic E-state index is 0.0307. The van der Waals surface area contributed by atoms with Crippen LogP contribution >= 0.6 is 0 Å². The van der Waals surface area contributed by atoms with Crippen LogP contribution in [0.2, 0.25) is 0 Å². The van der Waals surface area contributed by atoms with Crippen LogP contribution in [0.3, 0.4) is 0 Å². The number of anilines is 2. The Kier molecular flexibility index (Phi) is 5.15. The topological polar surface area (TPSA) is 186 Å². The van der Waals surface area contributed by atoms with E-state index in [1.807, 2.05) is 0 Å². The van der Waals surface area contributed by atoms with Crippen molar-refractivity contribution >= 4 is 34.8 Å². The molecule has 0 aliphatic carbocycles. The van der Waals surface area contributed by atoms with Gasteiger partial charge in [-0.1, -0.05) is 0 Å². The molecule has 0 aliphatic rings. The summed E-state index contributed by atoms with van der Waals surface area (Å²) in [6, 6.07) is 0.